The van der Waals surface area contributed by atoms with Crippen molar-refractivity contribution in [3.8, 4) is 0 Å². The molecule has 0 unspecified atom stereocenters. The monoisotopic (exact) mass is 384 g/mol. The minimum Gasteiger partial charge on any atom is -0.443 e. The number of hydrogen-bond acceptors (Lipinski definition) is 5. The number of amides is 1. The second-order valence-electron chi connectivity index (χ2n) is 4.28. The van der Waals surface area contributed by atoms with Gasteiger partial charge in [-0.05, 0) is 22.6 Å². The van der Waals surface area contributed by atoms with Crippen LogP contribution >= 0.6 is 22.6 Å². The summed E-state index contributed by atoms with van der Waals surface area (Å²) in [6, 6.07) is 0. The molecule has 0 aromatic carbocycles. The summed E-state index contributed by atoms with van der Waals surface area (Å²) in [5.41, 5.74) is 6.90. The summed E-state index contributed by atoms with van der Waals surface area (Å²) in [5.74, 6) is -2.92. The Morgan fingerprint density at radius 3 is 2.84 bits per heavy atom. The van der Waals surface area contributed by atoms with Crippen molar-refractivity contribution >= 4 is 34.6 Å². The van der Waals surface area contributed by atoms with E-state index < -0.39 is 18.6 Å². The molecule has 2 N–H and O–H groups in total. The van der Waals surface area contributed by atoms with E-state index in [-0.39, 0.29) is 19.0 Å². The molecule has 9 heteroatoms. The zero-order chi connectivity index (χ0) is 14.2. The fourth-order valence-electron chi connectivity index (χ4n) is 1.64. The van der Waals surface area contributed by atoms with E-state index in [1.165, 1.54) is 4.90 Å². The summed E-state index contributed by atoms with van der Waals surface area (Å²) < 4.78 is 30.4. The Morgan fingerprint density at radius 1 is 1.53 bits per heavy atom. The van der Waals surface area contributed by atoms with Crippen LogP contribution in [0.4, 0.5) is 19.5 Å². The Morgan fingerprint density at radius 2 is 2.21 bits per heavy atom. The molecule has 1 aliphatic heterocycles. The predicted octanol–water partition coefficient (Wildman–Crippen LogP) is 1.77. The first-order valence-corrected chi connectivity index (χ1v) is 6.44. The maximum Gasteiger partial charge on any atom is 0.410 e. The Bertz CT molecular complexity index is 521. The molecular formula is C10H11F2IN4O2. The van der Waals surface area contributed by atoms with Crippen molar-refractivity contribution in [1.82, 2.24) is 14.9 Å². The van der Waals surface area contributed by atoms with E-state index in [0.29, 0.717) is 16.3 Å². The van der Waals surface area contributed by atoms with Gasteiger partial charge in [-0.2, -0.15) is 0 Å². The molecule has 0 saturated heterocycles. The first-order chi connectivity index (χ1) is 8.76. The summed E-state index contributed by atoms with van der Waals surface area (Å²) in [7, 11) is 0. The molecule has 1 amide bonds. The second-order valence-corrected chi connectivity index (χ2v) is 5.30. The highest BCUT2D eigenvalue weighted by Crippen LogP contribution is 2.26. The number of nitrogens with two attached hydrogens (primary N) is 1. The van der Waals surface area contributed by atoms with Gasteiger partial charge in [0, 0.05) is 12.5 Å². The summed E-state index contributed by atoms with van der Waals surface area (Å²) >= 11 is 1.99. The molecule has 0 fully saturated rings. The highest BCUT2D eigenvalue weighted by molar-refractivity contribution is 14.1. The van der Waals surface area contributed by atoms with E-state index in [4.69, 9.17) is 5.73 Å². The Kier molecular flexibility index (Phi) is 3.74. The van der Waals surface area contributed by atoms with Gasteiger partial charge < -0.3 is 10.5 Å². The molecule has 0 atom stereocenters. The molecular weight excluding hydrogens is 373 g/mol. The van der Waals surface area contributed by atoms with Crippen LogP contribution in [0.3, 0.4) is 0 Å². The van der Waals surface area contributed by atoms with Crippen molar-refractivity contribution in [2.45, 2.75) is 25.9 Å². The van der Waals surface area contributed by atoms with Crippen molar-refractivity contribution < 1.29 is 18.3 Å². The minimum atomic E-state index is -3.04. The normalized spacial score (nSPS) is 14.4. The predicted molar refractivity (Wildman–Crippen MR) is 70.4 cm³/mol. The molecule has 1 aromatic rings. The lowest BCUT2D eigenvalue weighted by molar-refractivity contribution is -0.0455. The number of anilines is 1. The smallest absolute Gasteiger partial charge is 0.410 e. The quantitative estimate of drug-likeness (QED) is 0.621. The molecule has 6 nitrogen and oxygen atoms in total. The van der Waals surface area contributed by atoms with Crippen LogP contribution in [0.2, 0.25) is 0 Å². The van der Waals surface area contributed by atoms with E-state index in [2.05, 4.69) is 14.7 Å². The lowest BCUT2D eigenvalue weighted by Gasteiger charge is -2.17. The van der Waals surface area contributed by atoms with E-state index in [1.807, 2.05) is 22.6 Å². The fraction of sp³-hybridized carbons (Fsp3) is 0.500. The summed E-state index contributed by atoms with van der Waals surface area (Å²) in [6.07, 6.45) is -0.797. The first kappa shape index (κ1) is 14.2. The standard InChI is InChI=1S/C10H11F2IN4O2/c1-10(11,12)4-19-9(18)17-2-5-6(3-17)15-8(14)16-7(5)13/h2-4H2,1H3,(H2,14,15,16). The molecule has 0 aliphatic carbocycles. The number of nitrogens with zero attached hydrogens (tertiary/aromatic N) is 3. The SMILES string of the molecule is CC(F)(F)COC(=O)N1Cc2nc(N)nc(I)c2C1. The molecule has 2 rings (SSSR count). The van der Waals surface area contributed by atoms with Crippen LogP contribution in [0.5, 0.6) is 0 Å². The van der Waals surface area contributed by atoms with E-state index in [9.17, 15) is 13.6 Å². The third-order valence-electron chi connectivity index (χ3n) is 2.46. The van der Waals surface area contributed by atoms with Crippen LogP contribution in [0, 0.1) is 3.70 Å². The second kappa shape index (κ2) is 5.02. The highest BCUT2D eigenvalue weighted by atomic mass is 127. The summed E-state index contributed by atoms with van der Waals surface area (Å²) in [4.78, 5) is 20.9. The average molecular weight is 384 g/mol. The van der Waals surface area contributed by atoms with E-state index >= 15 is 0 Å². The number of carbonyl (C=O) groups excluding carboxylic acids is 1. The summed E-state index contributed by atoms with van der Waals surface area (Å²) in [5, 5.41) is 0. The largest absolute Gasteiger partial charge is 0.443 e. The Hall–Kier alpha value is -1.26. The third kappa shape index (κ3) is 3.39. The van der Waals surface area contributed by atoms with Crippen molar-refractivity contribution in [2.24, 2.45) is 0 Å². The number of aromatic nitrogens is 2. The van der Waals surface area contributed by atoms with Crippen LogP contribution in [-0.2, 0) is 17.8 Å². The van der Waals surface area contributed by atoms with Crippen LogP contribution in [0.1, 0.15) is 18.2 Å². The average Bonchev–Trinajstić information content (AvgIpc) is 2.68. The Labute approximate surface area is 121 Å². The van der Waals surface area contributed by atoms with Crippen LogP contribution in [0.15, 0.2) is 0 Å². The number of ether oxygens (including phenoxy) is 1. The van der Waals surface area contributed by atoms with Gasteiger partial charge in [0.1, 0.15) is 3.70 Å². The third-order valence-corrected chi connectivity index (χ3v) is 3.35. The Balaban J connectivity index is 2.04. The minimum absolute atomic E-state index is 0.124. The van der Waals surface area contributed by atoms with E-state index in [0.717, 1.165) is 5.56 Å². The molecule has 0 radical (unpaired) electrons. The number of fused-ring (bicyclic) bond motifs is 1. The molecule has 19 heavy (non-hydrogen) atoms. The number of alkyl halides is 2. The number of hydrogen-bond donors (Lipinski definition) is 1. The van der Waals surface area contributed by atoms with Gasteiger partial charge in [0.15, 0.2) is 6.61 Å². The van der Waals surface area contributed by atoms with Gasteiger partial charge in [0.25, 0.3) is 5.92 Å². The van der Waals surface area contributed by atoms with Crippen molar-refractivity contribution in [3.05, 3.63) is 15.0 Å². The highest BCUT2D eigenvalue weighted by Gasteiger charge is 2.31. The van der Waals surface area contributed by atoms with E-state index in [1.54, 1.807) is 0 Å². The maximum absolute atomic E-state index is 12.6. The van der Waals surface area contributed by atoms with Gasteiger partial charge in [-0.15, -0.1) is 0 Å². The molecule has 2 heterocycles. The number of carbonyl (C=O) groups is 1. The van der Waals surface area contributed by atoms with Crippen LogP contribution < -0.4 is 5.73 Å². The lowest BCUT2D eigenvalue weighted by atomic mass is 10.3. The molecule has 104 valence electrons. The topological polar surface area (TPSA) is 81.3 Å². The van der Waals surface area contributed by atoms with Gasteiger partial charge in [-0.25, -0.2) is 23.5 Å². The maximum atomic E-state index is 12.6. The molecule has 0 spiro atoms. The lowest BCUT2D eigenvalue weighted by Crippen LogP contribution is -2.30. The number of rotatable bonds is 2. The molecule has 1 aliphatic rings. The van der Waals surface area contributed by atoms with Crippen LogP contribution in [-0.4, -0.2) is 33.5 Å². The molecule has 0 saturated carbocycles. The van der Waals surface area contributed by atoms with Crippen molar-refractivity contribution in [2.75, 3.05) is 12.3 Å². The zero-order valence-electron chi connectivity index (χ0n) is 9.99. The number of halogens is 3. The van der Waals surface area contributed by atoms with Gasteiger partial charge in [0.05, 0.1) is 18.8 Å². The first-order valence-electron chi connectivity index (χ1n) is 5.36. The van der Waals surface area contributed by atoms with Gasteiger partial charge in [0.2, 0.25) is 5.95 Å². The van der Waals surface area contributed by atoms with Crippen molar-refractivity contribution in [3.63, 3.8) is 0 Å². The summed E-state index contributed by atoms with van der Waals surface area (Å²) in [6.45, 7) is 0.173. The zero-order valence-corrected chi connectivity index (χ0v) is 12.1. The van der Waals surface area contributed by atoms with Crippen LogP contribution in [0.25, 0.3) is 0 Å². The fourth-order valence-corrected chi connectivity index (χ4v) is 2.37. The molecule has 1 aromatic heterocycles. The number of nitrogen functional groups attached to an aromatic ring is 1. The van der Waals surface area contributed by atoms with Gasteiger partial charge in [-0.1, -0.05) is 0 Å². The molecule has 0 bridgehead atoms. The van der Waals surface area contributed by atoms with Crippen molar-refractivity contribution in [1.29, 1.82) is 0 Å². The van der Waals surface area contributed by atoms with Gasteiger partial charge in [-0.3, -0.25) is 4.90 Å². The van der Waals surface area contributed by atoms with Gasteiger partial charge >= 0.3 is 6.09 Å².